The Morgan fingerprint density at radius 1 is 1.16 bits per heavy atom. The summed E-state index contributed by atoms with van der Waals surface area (Å²) in [4.78, 5) is 28.5. The van der Waals surface area contributed by atoms with Gasteiger partial charge in [0.15, 0.2) is 0 Å². The van der Waals surface area contributed by atoms with Gasteiger partial charge in [0.1, 0.15) is 17.9 Å². The molecule has 190 valence electrons. The monoisotopic (exact) mass is 500 g/mol. The van der Waals surface area contributed by atoms with Gasteiger partial charge in [-0.3, -0.25) is 4.79 Å². The summed E-state index contributed by atoms with van der Waals surface area (Å²) < 4.78 is 21.4. The Bertz CT molecular complexity index is 1450. The van der Waals surface area contributed by atoms with E-state index >= 15 is 0 Å². The van der Waals surface area contributed by atoms with Crippen molar-refractivity contribution in [2.45, 2.75) is 32.1 Å². The molecule has 0 bridgehead atoms. The standard InChI is InChI=1S/C28H29FN6O2/c1-16-6-21(34-10-18(11-34)19-13-37-14-19)9-24(31-16)28(36)33-26(23-7-17-4-2-3-5-22(17)32-23)27-25-8-20(29)12-35(25)15-30-27/h2-7,9,15,18-20,26,32H,8,10-14H2,1H3,(H,33,36)/t20-,26?/m1/s1. The molecule has 6 heterocycles. The number of rotatable bonds is 6. The summed E-state index contributed by atoms with van der Waals surface area (Å²) >= 11 is 0. The summed E-state index contributed by atoms with van der Waals surface area (Å²) in [6, 6.07) is 13.3. The minimum Gasteiger partial charge on any atom is -0.381 e. The quantitative estimate of drug-likeness (QED) is 0.423. The number of aryl methyl sites for hydroxylation is 1. The average molecular weight is 501 g/mol. The van der Waals surface area contributed by atoms with Gasteiger partial charge >= 0.3 is 0 Å². The van der Waals surface area contributed by atoms with Crippen LogP contribution >= 0.6 is 0 Å². The molecular weight excluding hydrogens is 471 g/mol. The van der Waals surface area contributed by atoms with Crippen LogP contribution in [0.2, 0.25) is 0 Å². The molecule has 0 saturated carbocycles. The topological polar surface area (TPSA) is 88.1 Å². The molecule has 1 amide bonds. The summed E-state index contributed by atoms with van der Waals surface area (Å²) in [5, 5.41) is 4.20. The first-order chi connectivity index (χ1) is 18.0. The second-order valence-electron chi connectivity index (χ2n) is 10.6. The van der Waals surface area contributed by atoms with Crippen LogP contribution in [0.5, 0.6) is 0 Å². The van der Waals surface area contributed by atoms with Crippen LogP contribution in [-0.2, 0) is 17.7 Å². The number of imidazole rings is 1. The predicted octanol–water partition coefficient (Wildman–Crippen LogP) is 3.56. The highest BCUT2D eigenvalue weighted by Crippen LogP contribution is 2.34. The van der Waals surface area contributed by atoms with E-state index < -0.39 is 12.2 Å². The number of aromatic amines is 1. The highest BCUT2D eigenvalue weighted by Gasteiger charge is 2.38. The number of hydrogen-bond donors (Lipinski definition) is 2. The van der Waals surface area contributed by atoms with Crippen molar-refractivity contribution in [1.82, 2.24) is 24.8 Å². The van der Waals surface area contributed by atoms with Crippen molar-refractivity contribution in [2.24, 2.45) is 11.8 Å². The van der Waals surface area contributed by atoms with Crippen LogP contribution in [0.15, 0.2) is 48.8 Å². The third-order valence-corrected chi connectivity index (χ3v) is 7.98. The number of carbonyl (C=O) groups excluding carboxylic acids is 1. The Morgan fingerprint density at radius 3 is 2.78 bits per heavy atom. The maximum absolute atomic E-state index is 14.2. The first-order valence-electron chi connectivity index (χ1n) is 12.9. The molecule has 7 rings (SSSR count). The van der Waals surface area contributed by atoms with E-state index in [0.29, 0.717) is 29.8 Å². The lowest BCUT2D eigenvalue weighted by Gasteiger charge is -2.47. The molecule has 0 aliphatic carbocycles. The summed E-state index contributed by atoms with van der Waals surface area (Å²) in [5.74, 6) is 1.02. The van der Waals surface area contributed by atoms with Gasteiger partial charge in [-0.05, 0) is 36.6 Å². The number of amides is 1. The van der Waals surface area contributed by atoms with Crippen LogP contribution < -0.4 is 10.2 Å². The molecule has 3 aromatic heterocycles. The molecule has 3 aliphatic rings. The maximum atomic E-state index is 14.2. The summed E-state index contributed by atoms with van der Waals surface area (Å²) in [6.07, 6.45) is 1.02. The molecule has 4 aromatic rings. The highest BCUT2D eigenvalue weighted by atomic mass is 19.1. The predicted molar refractivity (Wildman–Crippen MR) is 137 cm³/mol. The number of pyridine rings is 1. The fourth-order valence-corrected chi connectivity index (χ4v) is 5.78. The molecule has 37 heavy (non-hydrogen) atoms. The largest absolute Gasteiger partial charge is 0.381 e. The van der Waals surface area contributed by atoms with E-state index in [2.05, 4.69) is 25.2 Å². The van der Waals surface area contributed by atoms with Crippen LogP contribution in [0.4, 0.5) is 10.1 Å². The smallest absolute Gasteiger partial charge is 0.270 e. The second kappa shape index (κ2) is 8.69. The Morgan fingerprint density at radius 2 is 2.00 bits per heavy atom. The van der Waals surface area contributed by atoms with Crippen molar-refractivity contribution in [3.05, 3.63) is 77.3 Å². The molecule has 8 nitrogen and oxygen atoms in total. The molecule has 2 atom stereocenters. The van der Waals surface area contributed by atoms with Gasteiger partial charge in [-0.1, -0.05) is 18.2 Å². The maximum Gasteiger partial charge on any atom is 0.270 e. The lowest BCUT2D eigenvalue weighted by molar-refractivity contribution is -0.0659. The fourth-order valence-electron chi connectivity index (χ4n) is 5.78. The van der Waals surface area contributed by atoms with Crippen molar-refractivity contribution >= 4 is 22.5 Å². The average Bonchev–Trinajstić information content (AvgIpc) is 3.51. The van der Waals surface area contributed by atoms with Crippen LogP contribution in [-0.4, -0.2) is 57.9 Å². The molecule has 0 spiro atoms. The van der Waals surface area contributed by atoms with Gasteiger partial charge in [0.05, 0.1) is 31.8 Å². The highest BCUT2D eigenvalue weighted by molar-refractivity contribution is 5.94. The van der Waals surface area contributed by atoms with Crippen LogP contribution in [0, 0.1) is 18.8 Å². The van der Waals surface area contributed by atoms with Gasteiger partial charge in [0.25, 0.3) is 5.91 Å². The first kappa shape index (κ1) is 22.5. The van der Waals surface area contributed by atoms with Gasteiger partial charge in [0.2, 0.25) is 0 Å². The molecule has 2 saturated heterocycles. The Hall–Kier alpha value is -3.72. The van der Waals surface area contributed by atoms with Gasteiger partial charge in [-0.25, -0.2) is 14.4 Å². The summed E-state index contributed by atoms with van der Waals surface area (Å²) in [6.45, 7) is 5.87. The van der Waals surface area contributed by atoms with E-state index in [1.54, 1.807) is 6.33 Å². The Balaban J connectivity index is 1.19. The van der Waals surface area contributed by atoms with Gasteiger partial charge in [-0.2, -0.15) is 0 Å². The number of aromatic nitrogens is 4. The van der Waals surface area contributed by atoms with Crippen LogP contribution in [0.25, 0.3) is 10.9 Å². The SMILES string of the molecule is Cc1cc(N2CC(C3COC3)C2)cc(C(=O)NC(c2cc3ccccc3[nH]2)c2ncn3c2C[C@@H](F)C3)n1. The Kier molecular flexibility index (Phi) is 5.28. The van der Waals surface area contributed by atoms with E-state index in [-0.39, 0.29) is 12.3 Å². The van der Waals surface area contributed by atoms with Crippen LogP contribution in [0.1, 0.15) is 39.3 Å². The molecule has 1 unspecified atom stereocenters. The molecule has 2 N–H and O–H groups in total. The minimum absolute atomic E-state index is 0.283. The number of hydrogen-bond acceptors (Lipinski definition) is 5. The lowest BCUT2D eigenvalue weighted by Crippen LogP contribution is -2.54. The van der Waals surface area contributed by atoms with Gasteiger partial charge in [-0.15, -0.1) is 0 Å². The third kappa shape index (κ3) is 3.98. The van der Waals surface area contributed by atoms with Crippen molar-refractivity contribution < 1.29 is 13.9 Å². The number of anilines is 1. The zero-order valence-corrected chi connectivity index (χ0v) is 20.7. The van der Waals surface area contributed by atoms with E-state index in [0.717, 1.165) is 60.0 Å². The molecule has 2 fully saturated rings. The number of carbonyl (C=O) groups is 1. The number of para-hydroxylation sites is 1. The third-order valence-electron chi connectivity index (χ3n) is 7.98. The normalized spacial score (nSPS) is 20.5. The van der Waals surface area contributed by atoms with Crippen LogP contribution in [0.3, 0.4) is 0 Å². The fraction of sp³-hybridized carbons (Fsp3) is 0.393. The lowest BCUT2D eigenvalue weighted by atomic mass is 9.84. The zero-order valence-electron chi connectivity index (χ0n) is 20.7. The molecule has 1 aromatic carbocycles. The number of fused-ring (bicyclic) bond motifs is 2. The number of nitrogens with zero attached hydrogens (tertiary/aromatic N) is 4. The van der Waals surface area contributed by atoms with E-state index in [1.165, 1.54) is 0 Å². The first-order valence-corrected chi connectivity index (χ1v) is 12.9. The molecule has 0 radical (unpaired) electrons. The minimum atomic E-state index is -0.941. The number of benzene rings is 1. The second-order valence-corrected chi connectivity index (χ2v) is 10.6. The summed E-state index contributed by atoms with van der Waals surface area (Å²) in [7, 11) is 0. The van der Waals surface area contributed by atoms with Gasteiger partial charge < -0.3 is 24.5 Å². The van der Waals surface area contributed by atoms with Crippen molar-refractivity contribution in [3.63, 3.8) is 0 Å². The zero-order chi connectivity index (χ0) is 25.1. The number of halogens is 1. The number of alkyl halides is 1. The van der Waals surface area contributed by atoms with E-state index in [9.17, 15) is 9.18 Å². The van der Waals surface area contributed by atoms with Crippen molar-refractivity contribution in [3.8, 4) is 0 Å². The van der Waals surface area contributed by atoms with Crippen molar-refractivity contribution in [1.29, 1.82) is 0 Å². The number of ether oxygens (including phenoxy) is 1. The number of H-pyrrole nitrogens is 1. The molecular formula is C28H29FN6O2. The van der Waals surface area contributed by atoms with Gasteiger partial charge in [0, 0.05) is 59.6 Å². The van der Waals surface area contributed by atoms with E-state index in [4.69, 9.17) is 4.74 Å². The van der Waals surface area contributed by atoms with E-state index in [1.807, 2.05) is 54.0 Å². The molecule has 3 aliphatic heterocycles. The molecule has 9 heteroatoms. The van der Waals surface area contributed by atoms with Crippen molar-refractivity contribution in [2.75, 3.05) is 31.2 Å². The Labute approximate surface area is 213 Å². The summed E-state index contributed by atoms with van der Waals surface area (Å²) in [5.41, 5.74) is 5.44. The number of nitrogens with one attached hydrogen (secondary N) is 2.